The van der Waals surface area contributed by atoms with E-state index in [0.717, 1.165) is 29.0 Å². The van der Waals surface area contributed by atoms with Gasteiger partial charge in [0.15, 0.2) is 11.5 Å². The maximum absolute atomic E-state index is 12.1. The van der Waals surface area contributed by atoms with Gasteiger partial charge in [-0.1, -0.05) is 19.1 Å². The van der Waals surface area contributed by atoms with E-state index < -0.39 is 0 Å². The van der Waals surface area contributed by atoms with Crippen molar-refractivity contribution < 1.29 is 14.3 Å². The van der Waals surface area contributed by atoms with Crippen LogP contribution in [0.5, 0.6) is 11.5 Å². The molecule has 0 aliphatic heterocycles. The van der Waals surface area contributed by atoms with Crippen molar-refractivity contribution in [1.29, 1.82) is 0 Å². The molecule has 0 saturated carbocycles. The minimum absolute atomic E-state index is 0.169. The molecule has 0 heterocycles. The van der Waals surface area contributed by atoms with Crippen molar-refractivity contribution in [3.63, 3.8) is 0 Å². The van der Waals surface area contributed by atoms with Gasteiger partial charge in [-0.3, -0.25) is 4.79 Å². The van der Waals surface area contributed by atoms with Gasteiger partial charge in [-0.15, -0.1) is 0 Å². The van der Waals surface area contributed by atoms with Crippen molar-refractivity contribution in [3.8, 4) is 11.5 Å². The second kappa shape index (κ2) is 9.66. The lowest BCUT2D eigenvalue weighted by atomic mass is 10.1. The fourth-order valence-corrected chi connectivity index (χ4v) is 2.40. The predicted molar refractivity (Wildman–Crippen MR) is 107 cm³/mol. The lowest BCUT2D eigenvalue weighted by Crippen LogP contribution is -2.08. The molecule has 138 valence electrons. The quantitative estimate of drug-likeness (QED) is 0.668. The van der Waals surface area contributed by atoms with Gasteiger partial charge < -0.3 is 14.8 Å². The van der Waals surface area contributed by atoms with Crippen molar-refractivity contribution >= 4 is 17.7 Å². The van der Waals surface area contributed by atoms with Gasteiger partial charge in [-0.05, 0) is 74.2 Å². The number of carbonyl (C=O) groups excluding carboxylic acids is 1. The second-order valence-electron chi connectivity index (χ2n) is 6.11. The summed E-state index contributed by atoms with van der Waals surface area (Å²) in [5, 5.41) is 2.88. The summed E-state index contributed by atoms with van der Waals surface area (Å²) in [6, 6.07) is 11.5. The SMILES string of the molecule is CCCOc1ccc(/C=C/C(=O)Nc2ccc(C)c(C)c2)cc1OCC. The number of amides is 1. The highest BCUT2D eigenvalue weighted by molar-refractivity contribution is 6.02. The summed E-state index contributed by atoms with van der Waals surface area (Å²) in [5.41, 5.74) is 4.02. The van der Waals surface area contributed by atoms with E-state index in [2.05, 4.69) is 12.2 Å². The van der Waals surface area contributed by atoms with Gasteiger partial charge >= 0.3 is 0 Å². The molecule has 0 bridgehead atoms. The van der Waals surface area contributed by atoms with Crippen LogP contribution in [0.1, 0.15) is 37.0 Å². The van der Waals surface area contributed by atoms with Crippen molar-refractivity contribution in [2.24, 2.45) is 0 Å². The largest absolute Gasteiger partial charge is 0.490 e. The molecule has 0 aliphatic rings. The van der Waals surface area contributed by atoms with Crippen LogP contribution >= 0.6 is 0 Å². The molecule has 1 N–H and O–H groups in total. The molecule has 0 atom stereocenters. The van der Waals surface area contributed by atoms with Crippen LogP contribution in [0.25, 0.3) is 6.08 Å². The number of rotatable bonds is 8. The third kappa shape index (κ3) is 5.66. The summed E-state index contributed by atoms with van der Waals surface area (Å²) in [6.45, 7) is 9.27. The number of anilines is 1. The smallest absolute Gasteiger partial charge is 0.248 e. The van der Waals surface area contributed by atoms with Crippen LogP contribution in [-0.4, -0.2) is 19.1 Å². The van der Waals surface area contributed by atoms with Gasteiger partial charge in [0.2, 0.25) is 5.91 Å². The van der Waals surface area contributed by atoms with Crippen LogP contribution in [0, 0.1) is 13.8 Å². The Balaban J connectivity index is 2.06. The Hall–Kier alpha value is -2.75. The summed E-state index contributed by atoms with van der Waals surface area (Å²) < 4.78 is 11.3. The van der Waals surface area contributed by atoms with E-state index in [1.165, 1.54) is 11.6 Å². The molecule has 0 spiro atoms. The first-order valence-electron chi connectivity index (χ1n) is 8.99. The summed E-state index contributed by atoms with van der Waals surface area (Å²) in [4.78, 5) is 12.1. The Kier molecular flexibility index (Phi) is 7.27. The first-order valence-corrected chi connectivity index (χ1v) is 8.99. The third-order valence-electron chi connectivity index (χ3n) is 3.93. The van der Waals surface area contributed by atoms with E-state index in [-0.39, 0.29) is 5.91 Å². The highest BCUT2D eigenvalue weighted by atomic mass is 16.5. The Morgan fingerprint density at radius 3 is 2.50 bits per heavy atom. The van der Waals surface area contributed by atoms with E-state index in [0.29, 0.717) is 19.0 Å². The zero-order chi connectivity index (χ0) is 18.9. The fraction of sp³-hybridized carbons (Fsp3) is 0.318. The lowest BCUT2D eigenvalue weighted by molar-refractivity contribution is -0.111. The number of hydrogen-bond donors (Lipinski definition) is 1. The molecule has 0 fully saturated rings. The number of aryl methyl sites for hydroxylation is 2. The van der Waals surface area contributed by atoms with Crippen LogP contribution in [-0.2, 0) is 4.79 Å². The van der Waals surface area contributed by atoms with Gasteiger partial charge in [0.05, 0.1) is 13.2 Å². The summed E-state index contributed by atoms with van der Waals surface area (Å²) in [7, 11) is 0. The van der Waals surface area contributed by atoms with Crippen molar-refractivity contribution in [1.82, 2.24) is 0 Å². The number of hydrogen-bond acceptors (Lipinski definition) is 3. The van der Waals surface area contributed by atoms with E-state index in [4.69, 9.17) is 9.47 Å². The Morgan fingerprint density at radius 2 is 1.81 bits per heavy atom. The Labute approximate surface area is 155 Å². The van der Waals surface area contributed by atoms with Crippen LogP contribution in [0.4, 0.5) is 5.69 Å². The molecule has 2 rings (SSSR count). The molecule has 2 aromatic carbocycles. The van der Waals surface area contributed by atoms with E-state index in [1.807, 2.05) is 57.2 Å². The summed E-state index contributed by atoms with van der Waals surface area (Å²) in [5.74, 6) is 1.25. The van der Waals surface area contributed by atoms with Crippen LogP contribution in [0.2, 0.25) is 0 Å². The molecular formula is C22H27NO3. The van der Waals surface area contributed by atoms with E-state index in [1.54, 1.807) is 6.08 Å². The highest BCUT2D eigenvalue weighted by Gasteiger charge is 2.06. The average Bonchev–Trinajstić information content (AvgIpc) is 2.62. The van der Waals surface area contributed by atoms with Gasteiger partial charge in [-0.2, -0.15) is 0 Å². The zero-order valence-corrected chi connectivity index (χ0v) is 16.0. The molecule has 0 aromatic heterocycles. The normalized spacial score (nSPS) is 10.8. The number of carbonyl (C=O) groups is 1. The predicted octanol–water partition coefficient (Wildman–Crippen LogP) is 5.14. The maximum Gasteiger partial charge on any atom is 0.248 e. The van der Waals surface area contributed by atoms with Gasteiger partial charge in [-0.25, -0.2) is 0 Å². The van der Waals surface area contributed by atoms with Crippen LogP contribution < -0.4 is 14.8 Å². The molecule has 0 unspecified atom stereocenters. The zero-order valence-electron chi connectivity index (χ0n) is 16.0. The molecule has 0 radical (unpaired) electrons. The molecule has 4 heteroatoms. The van der Waals surface area contributed by atoms with Crippen LogP contribution in [0.3, 0.4) is 0 Å². The molecule has 2 aromatic rings. The Morgan fingerprint density at radius 1 is 1.00 bits per heavy atom. The van der Waals surface area contributed by atoms with E-state index >= 15 is 0 Å². The van der Waals surface area contributed by atoms with Crippen LogP contribution in [0.15, 0.2) is 42.5 Å². The van der Waals surface area contributed by atoms with Crippen molar-refractivity contribution in [2.45, 2.75) is 34.1 Å². The van der Waals surface area contributed by atoms with E-state index in [9.17, 15) is 4.79 Å². The van der Waals surface area contributed by atoms with Crippen molar-refractivity contribution in [3.05, 3.63) is 59.2 Å². The highest BCUT2D eigenvalue weighted by Crippen LogP contribution is 2.29. The second-order valence-corrected chi connectivity index (χ2v) is 6.11. The molecule has 0 saturated heterocycles. The molecule has 26 heavy (non-hydrogen) atoms. The topological polar surface area (TPSA) is 47.6 Å². The standard InChI is InChI=1S/C22H27NO3/c1-5-13-26-20-11-8-18(15-21(20)25-6-2)9-12-22(24)23-19-10-7-16(3)17(4)14-19/h7-12,14-15H,5-6,13H2,1-4H3,(H,23,24)/b12-9+. The average molecular weight is 353 g/mol. The third-order valence-corrected chi connectivity index (χ3v) is 3.93. The minimum Gasteiger partial charge on any atom is -0.490 e. The van der Waals surface area contributed by atoms with Crippen molar-refractivity contribution in [2.75, 3.05) is 18.5 Å². The summed E-state index contributed by atoms with van der Waals surface area (Å²) in [6.07, 6.45) is 4.22. The first-order chi connectivity index (χ1) is 12.5. The molecule has 4 nitrogen and oxygen atoms in total. The van der Waals surface area contributed by atoms with Gasteiger partial charge in [0, 0.05) is 11.8 Å². The van der Waals surface area contributed by atoms with Gasteiger partial charge in [0.1, 0.15) is 0 Å². The first kappa shape index (κ1) is 19.6. The number of ether oxygens (including phenoxy) is 2. The maximum atomic E-state index is 12.1. The molecule has 0 aliphatic carbocycles. The minimum atomic E-state index is -0.169. The lowest BCUT2D eigenvalue weighted by Gasteiger charge is -2.12. The number of nitrogens with one attached hydrogen (secondary N) is 1. The molecule has 1 amide bonds. The Bertz CT molecular complexity index is 781. The monoisotopic (exact) mass is 353 g/mol. The number of benzene rings is 2. The van der Waals surface area contributed by atoms with Gasteiger partial charge in [0.25, 0.3) is 0 Å². The summed E-state index contributed by atoms with van der Waals surface area (Å²) >= 11 is 0. The fourth-order valence-electron chi connectivity index (χ4n) is 2.40. The molecular weight excluding hydrogens is 326 g/mol.